The highest BCUT2D eigenvalue weighted by Gasteiger charge is 2.21. The number of aromatic nitrogens is 1. The van der Waals surface area contributed by atoms with Gasteiger partial charge in [0, 0.05) is 17.8 Å². The van der Waals surface area contributed by atoms with Gasteiger partial charge in [0.2, 0.25) is 0 Å². The van der Waals surface area contributed by atoms with Crippen LogP contribution in [0.25, 0.3) is 0 Å². The van der Waals surface area contributed by atoms with Gasteiger partial charge in [0.25, 0.3) is 0 Å². The highest BCUT2D eigenvalue weighted by atomic mass is 32.1. The molecule has 0 unspecified atom stereocenters. The minimum absolute atomic E-state index is 0.574. The third kappa shape index (κ3) is 2.56. The summed E-state index contributed by atoms with van der Waals surface area (Å²) in [7, 11) is 0. The molecule has 1 fully saturated rings. The molecule has 2 rings (SSSR count). The largest absolute Gasteiger partial charge is 0.325 e. The van der Waals surface area contributed by atoms with E-state index in [0.29, 0.717) is 12.5 Å². The molecule has 0 radical (unpaired) electrons. The highest BCUT2D eigenvalue weighted by Crippen LogP contribution is 2.29. The molecule has 1 aliphatic rings. The Kier molecular flexibility index (Phi) is 3.72. The Balaban J connectivity index is 1.95. The van der Waals surface area contributed by atoms with Crippen LogP contribution in [0.15, 0.2) is 5.38 Å². The van der Waals surface area contributed by atoms with Crippen LogP contribution in [0.4, 0.5) is 0 Å². The fraction of sp³-hybridized carbons (Fsp3) is 0.727. The molecule has 2 N–H and O–H groups in total. The van der Waals surface area contributed by atoms with E-state index in [1.54, 1.807) is 11.3 Å². The van der Waals surface area contributed by atoms with Crippen molar-refractivity contribution in [3.63, 3.8) is 0 Å². The van der Waals surface area contributed by atoms with Gasteiger partial charge in [0.05, 0.1) is 10.7 Å². The van der Waals surface area contributed by atoms with Crippen LogP contribution in [-0.4, -0.2) is 29.5 Å². The van der Waals surface area contributed by atoms with Gasteiger partial charge < -0.3 is 10.6 Å². The quantitative estimate of drug-likeness (QED) is 0.853. The number of hydrogen-bond donors (Lipinski definition) is 1. The first-order valence-corrected chi connectivity index (χ1v) is 6.58. The fourth-order valence-electron chi connectivity index (χ4n) is 2.10. The zero-order valence-corrected chi connectivity index (χ0v) is 10.1. The lowest BCUT2D eigenvalue weighted by Crippen LogP contribution is -2.32. The molecule has 0 saturated carbocycles. The average Bonchev–Trinajstić information content (AvgIpc) is 2.78. The molecular weight excluding hydrogens is 206 g/mol. The molecule has 1 aliphatic heterocycles. The molecule has 15 heavy (non-hydrogen) atoms. The zero-order chi connectivity index (χ0) is 10.7. The Bertz CT molecular complexity index is 303. The summed E-state index contributed by atoms with van der Waals surface area (Å²) in [6.45, 7) is 6.43. The Morgan fingerprint density at radius 3 is 2.80 bits per heavy atom. The van der Waals surface area contributed by atoms with E-state index in [9.17, 15) is 0 Å². The molecule has 1 aromatic heterocycles. The number of likely N-dealkylation sites (tertiary alicyclic amines) is 1. The summed E-state index contributed by atoms with van der Waals surface area (Å²) >= 11 is 1.78. The van der Waals surface area contributed by atoms with Gasteiger partial charge in [-0.3, -0.25) is 0 Å². The smallest absolute Gasteiger partial charge is 0.0960 e. The van der Waals surface area contributed by atoms with Crippen molar-refractivity contribution in [1.29, 1.82) is 0 Å². The first kappa shape index (κ1) is 11.0. The van der Waals surface area contributed by atoms with Gasteiger partial charge in [0.1, 0.15) is 0 Å². The standard InChI is InChI=1S/C11H19N3S/c1-2-14-5-3-9(4-6-14)11-13-10(7-12)8-15-11/h8-9H,2-7,12H2,1H3. The van der Waals surface area contributed by atoms with Gasteiger partial charge in [-0.05, 0) is 32.5 Å². The summed E-state index contributed by atoms with van der Waals surface area (Å²) in [6.07, 6.45) is 2.51. The SMILES string of the molecule is CCN1CCC(c2nc(CN)cs2)CC1. The molecule has 0 aliphatic carbocycles. The topological polar surface area (TPSA) is 42.2 Å². The van der Waals surface area contributed by atoms with Crippen molar-refractivity contribution in [1.82, 2.24) is 9.88 Å². The van der Waals surface area contributed by atoms with Crippen LogP contribution in [0.2, 0.25) is 0 Å². The van der Waals surface area contributed by atoms with Gasteiger partial charge in [-0.25, -0.2) is 4.98 Å². The van der Waals surface area contributed by atoms with Gasteiger partial charge in [-0.2, -0.15) is 0 Å². The van der Waals surface area contributed by atoms with Crippen molar-refractivity contribution in [3.05, 3.63) is 16.1 Å². The Labute approximate surface area is 95.3 Å². The number of piperidine rings is 1. The summed E-state index contributed by atoms with van der Waals surface area (Å²) in [5, 5.41) is 3.40. The third-order valence-corrected chi connectivity index (χ3v) is 4.22. The molecular formula is C11H19N3S. The molecule has 0 atom stereocenters. The molecule has 1 aromatic rings. The van der Waals surface area contributed by atoms with Crippen LogP contribution in [0.5, 0.6) is 0 Å². The van der Waals surface area contributed by atoms with Crippen LogP contribution < -0.4 is 5.73 Å². The number of hydrogen-bond acceptors (Lipinski definition) is 4. The van der Waals surface area contributed by atoms with E-state index in [-0.39, 0.29) is 0 Å². The summed E-state index contributed by atoms with van der Waals surface area (Å²) in [6, 6.07) is 0. The van der Waals surface area contributed by atoms with Crippen molar-refractivity contribution < 1.29 is 0 Å². The molecule has 0 bridgehead atoms. The minimum atomic E-state index is 0.574. The second-order valence-corrected chi connectivity index (χ2v) is 4.98. The van der Waals surface area contributed by atoms with E-state index in [2.05, 4.69) is 22.2 Å². The fourth-order valence-corrected chi connectivity index (χ4v) is 3.10. The molecule has 0 spiro atoms. The molecule has 0 amide bonds. The van der Waals surface area contributed by atoms with Crippen LogP contribution in [0.3, 0.4) is 0 Å². The maximum atomic E-state index is 5.57. The molecule has 3 nitrogen and oxygen atoms in total. The second-order valence-electron chi connectivity index (χ2n) is 4.09. The predicted octanol–water partition coefficient (Wildman–Crippen LogP) is 1.80. The van der Waals surface area contributed by atoms with Gasteiger partial charge >= 0.3 is 0 Å². The number of rotatable bonds is 3. The number of nitrogens with zero attached hydrogens (tertiary/aromatic N) is 2. The van der Waals surface area contributed by atoms with E-state index >= 15 is 0 Å². The Morgan fingerprint density at radius 1 is 1.53 bits per heavy atom. The zero-order valence-electron chi connectivity index (χ0n) is 9.28. The van der Waals surface area contributed by atoms with Crippen LogP contribution in [-0.2, 0) is 6.54 Å². The van der Waals surface area contributed by atoms with Crippen molar-refractivity contribution in [2.75, 3.05) is 19.6 Å². The van der Waals surface area contributed by atoms with E-state index < -0.39 is 0 Å². The van der Waals surface area contributed by atoms with Crippen molar-refractivity contribution in [3.8, 4) is 0 Å². The predicted molar refractivity (Wildman–Crippen MR) is 64.1 cm³/mol. The van der Waals surface area contributed by atoms with Crippen LogP contribution in [0, 0.1) is 0 Å². The summed E-state index contributed by atoms with van der Waals surface area (Å²) < 4.78 is 0. The van der Waals surface area contributed by atoms with Crippen LogP contribution >= 0.6 is 11.3 Å². The molecule has 4 heteroatoms. The third-order valence-electron chi connectivity index (χ3n) is 3.16. The highest BCUT2D eigenvalue weighted by molar-refractivity contribution is 7.09. The summed E-state index contributed by atoms with van der Waals surface area (Å²) in [4.78, 5) is 7.09. The van der Waals surface area contributed by atoms with Gasteiger partial charge in [-0.1, -0.05) is 6.92 Å². The maximum Gasteiger partial charge on any atom is 0.0960 e. The van der Waals surface area contributed by atoms with Crippen LogP contribution in [0.1, 0.15) is 36.4 Å². The van der Waals surface area contributed by atoms with E-state index in [0.717, 1.165) is 5.69 Å². The number of thiazole rings is 1. The first-order chi connectivity index (χ1) is 7.33. The first-order valence-electron chi connectivity index (χ1n) is 5.70. The molecule has 0 aromatic carbocycles. The molecule has 84 valence electrons. The molecule has 2 heterocycles. The van der Waals surface area contributed by atoms with E-state index in [4.69, 9.17) is 5.73 Å². The lowest BCUT2D eigenvalue weighted by molar-refractivity contribution is 0.222. The Morgan fingerprint density at radius 2 is 2.27 bits per heavy atom. The molecule has 1 saturated heterocycles. The minimum Gasteiger partial charge on any atom is -0.325 e. The summed E-state index contributed by atoms with van der Waals surface area (Å²) in [5.74, 6) is 0.679. The maximum absolute atomic E-state index is 5.57. The summed E-state index contributed by atoms with van der Waals surface area (Å²) in [5.41, 5.74) is 6.62. The van der Waals surface area contributed by atoms with E-state index in [1.807, 2.05) is 0 Å². The normalized spacial score (nSPS) is 19.6. The van der Waals surface area contributed by atoms with Crippen molar-refractivity contribution >= 4 is 11.3 Å². The van der Waals surface area contributed by atoms with Crippen molar-refractivity contribution in [2.45, 2.75) is 32.2 Å². The lowest BCUT2D eigenvalue weighted by Gasteiger charge is -2.29. The Hall–Kier alpha value is -0.450. The average molecular weight is 225 g/mol. The van der Waals surface area contributed by atoms with E-state index in [1.165, 1.54) is 37.5 Å². The number of nitrogens with two attached hydrogens (primary N) is 1. The van der Waals surface area contributed by atoms with Gasteiger partial charge in [0.15, 0.2) is 0 Å². The van der Waals surface area contributed by atoms with Gasteiger partial charge in [-0.15, -0.1) is 11.3 Å². The second kappa shape index (κ2) is 5.05. The monoisotopic (exact) mass is 225 g/mol. The van der Waals surface area contributed by atoms with Crippen molar-refractivity contribution in [2.24, 2.45) is 5.73 Å². The lowest BCUT2D eigenvalue weighted by atomic mass is 9.98.